The number of nitrogens with zero attached hydrogens (tertiary/aromatic N) is 4. The number of benzene rings is 1. The lowest BCUT2D eigenvalue weighted by Gasteiger charge is -1.96. The van der Waals surface area contributed by atoms with E-state index in [9.17, 15) is 0 Å². The SMILES string of the molecule is Cc1nc2cc(Cl)c(C#Cc3[nH]nc4ncnc(N)c34)cc2[nH]1. The van der Waals surface area contributed by atoms with Crippen molar-refractivity contribution in [2.24, 2.45) is 0 Å². The highest BCUT2D eigenvalue weighted by molar-refractivity contribution is 6.32. The van der Waals surface area contributed by atoms with Crippen LogP contribution in [0.1, 0.15) is 17.1 Å². The standard InChI is InChI=1S/C15H10ClN7/c1-7-20-11-4-8(9(16)5-12(11)21-7)2-3-10-13-14(17)18-6-19-15(13)23-22-10/h4-6H,1H3,(H,20,21)(H3,17,18,19,22,23). The summed E-state index contributed by atoms with van der Waals surface area (Å²) >= 11 is 6.27. The summed E-state index contributed by atoms with van der Waals surface area (Å²) in [6.07, 6.45) is 1.36. The van der Waals surface area contributed by atoms with Gasteiger partial charge in [0, 0.05) is 5.56 Å². The summed E-state index contributed by atoms with van der Waals surface area (Å²) in [5, 5.41) is 8.01. The molecule has 23 heavy (non-hydrogen) atoms. The number of imidazole rings is 1. The first kappa shape index (κ1) is 13.5. The fourth-order valence-electron chi connectivity index (χ4n) is 2.35. The number of halogens is 1. The Labute approximate surface area is 135 Å². The Balaban J connectivity index is 1.84. The molecule has 0 aliphatic rings. The molecule has 0 unspecified atom stereocenters. The summed E-state index contributed by atoms with van der Waals surface area (Å²) in [4.78, 5) is 15.5. The summed E-state index contributed by atoms with van der Waals surface area (Å²) in [5.74, 6) is 7.17. The monoisotopic (exact) mass is 323 g/mol. The van der Waals surface area contributed by atoms with Crippen LogP contribution in [0.2, 0.25) is 5.02 Å². The van der Waals surface area contributed by atoms with Crippen LogP contribution in [0.15, 0.2) is 18.5 Å². The van der Waals surface area contributed by atoms with Crippen molar-refractivity contribution in [2.75, 3.05) is 5.73 Å². The Morgan fingerprint density at radius 3 is 2.96 bits per heavy atom. The van der Waals surface area contributed by atoms with E-state index in [4.69, 9.17) is 17.3 Å². The van der Waals surface area contributed by atoms with E-state index in [2.05, 4.69) is 42.0 Å². The van der Waals surface area contributed by atoms with E-state index in [1.54, 1.807) is 6.07 Å². The number of fused-ring (bicyclic) bond motifs is 2. The number of hydrogen-bond donors (Lipinski definition) is 3. The topological polar surface area (TPSA) is 109 Å². The van der Waals surface area contributed by atoms with Crippen molar-refractivity contribution in [1.82, 2.24) is 30.1 Å². The van der Waals surface area contributed by atoms with Gasteiger partial charge in [0.15, 0.2) is 5.65 Å². The molecule has 4 rings (SSSR count). The van der Waals surface area contributed by atoms with Gasteiger partial charge in [-0.15, -0.1) is 0 Å². The number of anilines is 1. The van der Waals surface area contributed by atoms with Gasteiger partial charge in [-0.05, 0) is 25.0 Å². The molecule has 0 saturated heterocycles. The van der Waals surface area contributed by atoms with Gasteiger partial charge in [-0.1, -0.05) is 17.5 Å². The van der Waals surface area contributed by atoms with Crippen LogP contribution in [0.4, 0.5) is 5.82 Å². The second-order valence-corrected chi connectivity index (χ2v) is 5.38. The average molecular weight is 324 g/mol. The third-order valence-electron chi connectivity index (χ3n) is 3.39. The summed E-state index contributed by atoms with van der Waals surface area (Å²) in [7, 11) is 0. The summed E-state index contributed by atoms with van der Waals surface area (Å²) in [6, 6.07) is 3.65. The fraction of sp³-hybridized carbons (Fsp3) is 0.0667. The van der Waals surface area contributed by atoms with Gasteiger partial charge in [0.05, 0.1) is 21.4 Å². The number of hydrogen-bond acceptors (Lipinski definition) is 5. The Morgan fingerprint density at radius 1 is 1.22 bits per heavy atom. The van der Waals surface area contributed by atoms with Crippen LogP contribution in [0.25, 0.3) is 22.1 Å². The van der Waals surface area contributed by atoms with Crippen molar-refractivity contribution in [3.05, 3.63) is 40.6 Å². The van der Waals surface area contributed by atoms with Gasteiger partial charge in [0.1, 0.15) is 23.7 Å². The summed E-state index contributed by atoms with van der Waals surface area (Å²) < 4.78 is 0. The molecule has 0 saturated carbocycles. The van der Waals surface area contributed by atoms with Crippen molar-refractivity contribution in [2.45, 2.75) is 6.92 Å². The zero-order chi connectivity index (χ0) is 16.0. The first-order chi connectivity index (χ1) is 11.1. The fourth-order valence-corrected chi connectivity index (χ4v) is 2.56. The van der Waals surface area contributed by atoms with Crippen molar-refractivity contribution in [1.29, 1.82) is 0 Å². The molecule has 0 amide bonds. The van der Waals surface area contributed by atoms with E-state index in [0.717, 1.165) is 16.9 Å². The highest BCUT2D eigenvalue weighted by Crippen LogP contribution is 2.23. The van der Waals surface area contributed by atoms with Crippen molar-refractivity contribution in [3.8, 4) is 11.8 Å². The summed E-state index contributed by atoms with van der Waals surface area (Å²) in [5.41, 5.74) is 9.26. The maximum atomic E-state index is 6.27. The number of H-pyrrole nitrogens is 2. The predicted octanol–water partition coefficient (Wildman–Crippen LogP) is 2.17. The molecule has 0 radical (unpaired) electrons. The van der Waals surface area contributed by atoms with Crippen LogP contribution in [0.3, 0.4) is 0 Å². The largest absolute Gasteiger partial charge is 0.383 e. The maximum Gasteiger partial charge on any atom is 0.187 e. The average Bonchev–Trinajstić information content (AvgIpc) is 3.08. The molecule has 8 heteroatoms. The smallest absolute Gasteiger partial charge is 0.187 e. The van der Waals surface area contributed by atoms with E-state index < -0.39 is 0 Å². The highest BCUT2D eigenvalue weighted by Gasteiger charge is 2.09. The van der Waals surface area contributed by atoms with Gasteiger partial charge >= 0.3 is 0 Å². The molecular weight excluding hydrogens is 314 g/mol. The number of rotatable bonds is 0. The van der Waals surface area contributed by atoms with Gasteiger partial charge < -0.3 is 10.7 Å². The van der Waals surface area contributed by atoms with Gasteiger partial charge in [-0.3, -0.25) is 5.10 Å². The Kier molecular flexibility index (Phi) is 2.93. The van der Waals surface area contributed by atoms with Crippen LogP contribution in [0.5, 0.6) is 0 Å². The molecule has 4 N–H and O–H groups in total. The Hall–Kier alpha value is -3.11. The van der Waals surface area contributed by atoms with Gasteiger partial charge in [-0.2, -0.15) is 5.10 Å². The Bertz CT molecular complexity index is 1110. The van der Waals surface area contributed by atoms with E-state index in [1.165, 1.54) is 6.33 Å². The van der Waals surface area contributed by atoms with E-state index in [-0.39, 0.29) is 0 Å². The lowest BCUT2D eigenvalue weighted by molar-refractivity contribution is 1.08. The first-order valence-electron chi connectivity index (χ1n) is 6.74. The van der Waals surface area contributed by atoms with Crippen LogP contribution in [-0.4, -0.2) is 30.1 Å². The van der Waals surface area contributed by atoms with Crippen molar-refractivity contribution >= 4 is 39.5 Å². The molecule has 0 bridgehead atoms. The minimum Gasteiger partial charge on any atom is -0.383 e. The molecule has 0 fully saturated rings. The maximum absolute atomic E-state index is 6.27. The van der Waals surface area contributed by atoms with E-state index in [0.29, 0.717) is 33.1 Å². The highest BCUT2D eigenvalue weighted by atomic mass is 35.5. The zero-order valence-electron chi connectivity index (χ0n) is 12.0. The molecule has 0 aliphatic heterocycles. The quantitative estimate of drug-likeness (QED) is 0.430. The third kappa shape index (κ3) is 2.25. The first-order valence-corrected chi connectivity index (χ1v) is 7.12. The van der Waals surface area contributed by atoms with E-state index in [1.807, 2.05) is 13.0 Å². The van der Waals surface area contributed by atoms with Crippen LogP contribution < -0.4 is 5.73 Å². The molecular formula is C15H10ClN7. The lowest BCUT2D eigenvalue weighted by Crippen LogP contribution is -1.92. The predicted molar refractivity (Wildman–Crippen MR) is 87.9 cm³/mol. The minimum atomic E-state index is 0.332. The van der Waals surface area contributed by atoms with Crippen LogP contribution in [-0.2, 0) is 0 Å². The van der Waals surface area contributed by atoms with E-state index >= 15 is 0 Å². The second kappa shape index (κ2) is 4.97. The number of aryl methyl sites for hydroxylation is 1. The van der Waals surface area contributed by atoms with Gasteiger partial charge in [0.2, 0.25) is 0 Å². The molecule has 0 spiro atoms. The zero-order valence-corrected chi connectivity index (χ0v) is 12.7. The van der Waals surface area contributed by atoms with Crippen LogP contribution >= 0.6 is 11.6 Å². The molecule has 112 valence electrons. The minimum absolute atomic E-state index is 0.332. The second-order valence-electron chi connectivity index (χ2n) is 4.98. The van der Waals surface area contributed by atoms with Crippen molar-refractivity contribution in [3.63, 3.8) is 0 Å². The molecule has 3 aromatic heterocycles. The number of nitrogens with two attached hydrogens (primary N) is 1. The number of nitrogens with one attached hydrogen (secondary N) is 2. The molecule has 3 heterocycles. The number of aromatic nitrogens is 6. The third-order valence-corrected chi connectivity index (χ3v) is 3.70. The summed E-state index contributed by atoms with van der Waals surface area (Å²) in [6.45, 7) is 1.89. The Morgan fingerprint density at radius 2 is 2.09 bits per heavy atom. The van der Waals surface area contributed by atoms with Gasteiger partial charge in [-0.25, -0.2) is 15.0 Å². The number of nitrogen functional groups attached to an aromatic ring is 1. The lowest BCUT2D eigenvalue weighted by atomic mass is 10.2. The van der Waals surface area contributed by atoms with Gasteiger partial charge in [0.25, 0.3) is 0 Å². The van der Waals surface area contributed by atoms with Crippen LogP contribution in [0, 0.1) is 18.8 Å². The normalized spacial score (nSPS) is 10.9. The molecule has 0 atom stereocenters. The molecule has 4 aromatic rings. The molecule has 7 nitrogen and oxygen atoms in total. The van der Waals surface area contributed by atoms with Crippen molar-refractivity contribution < 1.29 is 0 Å². The molecule has 1 aromatic carbocycles. The number of aromatic amines is 2. The molecule has 0 aliphatic carbocycles.